The lowest BCUT2D eigenvalue weighted by atomic mass is 10.0. The molecule has 2 aliphatic heterocycles. The van der Waals surface area contributed by atoms with E-state index in [2.05, 4.69) is 0 Å². The molecule has 33 heavy (non-hydrogen) atoms. The van der Waals surface area contributed by atoms with Gasteiger partial charge in [-0.25, -0.2) is 4.79 Å². The quantitative estimate of drug-likeness (QED) is 0.371. The fourth-order valence-corrected chi connectivity index (χ4v) is 5.68. The minimum atomic E-state index is -0.727. The van der Waals surface area contributed by atoms with Crippen molar-refractivity contribution in [3.05, 3.63) is 54.7 Å². The molecule has 3 aliphatic rings. The van der Waals surface area contributed by atoms with Crippen molar-refractivity contribution >= 4 is 45.8 Å². The third-order valence-corrected chi connectivity index (χ3v) is 7.55. The first-order chi connectivity index (χ1) is 15.9. The second-order valence-corrected chi connectivity index (χ2v) is 9.63. The van der Waals surface area contributed by atoms with Crippen LogP contribution in [0.25, 0.3) is 10.9 Å². The second kappa shape index (κ2) is 8.33. The van der Waals surface area contributed by atoms with Crippen LogP contribution in [0, 0.1) is 10.1 Å². The summed E-state index contributed by atoms with van der Waals surface area (Å²) in [5.74, 6) is 0.157. The van der Waals surface area contributed by atoms with Gasteiger partial charge in [-0.2, -0.15) is 0 Å². The summed E-state index contributed by atoms with van der Waals surface area (Å²) in [6, 6.07) is 3.08. The molecule has 3 heterocycles. The molecule has 10 heteroatoms. The Morgan fingerprint density at radius 3 is 2.76 bits per heavy atom. The summed E-state index contributed by atoms with van der Waals surface area (Å²) in [5, 5.41) is 12.1. The number of nitrogens with zero attached hydrogens (tertiary/aromatic N) is 3. The van der Waals surface area contributed by atoms with Crippen LogP contribution in [0.3, 0.4) is 0 Å². The zero-order chi connectivity index (χ0) is 23.3. The van der Waals surface area contributed by atoms with E-state index >= 15 is 0 Å². The number of anilines is 1. The summed E-state index contributed by atoms with van der Waals surface area (Å²) in [5.41, 5.74) is 0.792. The van der Waals surface area contributed by atoms with E-state index in [0.29, 0.717) is 37.1 Å². The summed E-state index contributed by atoms with van der Waals surface area (Å²) < 4.78 is 6.90. The highest BCUT2D eigenvalue weighted by Crippen LogP contribution is 2.42. The van der Waals surface area contributed by atoms with Crippen LogP contribution < -0.4 is 10.3 Å². The normalized spacial score (nSPS) is 18.5. The van der Waals surface area contributed by atoms with Gasteiger partial charge in [-0.15, -0.1) is 11.8 Å². The number of nitro groups is 1. The first-order valence-corrected chi connectivity index (χ1v) is 12.0. The monoisotopic (exact) mass is 469 g/mol. The van der Waals surface area contributed by atoms with Gasteiger partial charge in [0.1, 0.15) is 11.3 Å². The summed E-state index contributed by atoms with van der Waals surface area (Å²) in [7, 11) is 0. The minimum absolute atomic E-state index is 0.103. The Morgan fingerprint density at radius 2 is 2.06 bits per heavy atom. The Bertz CT molecular complexity index is 1290. The van der Waals surface area contributed by atoms with Crippen molar-refractivity contribution < 1.29 is 19.2 Å². The highest BCUT2D eigenvalue weighted by atomic mass is 32.2. The Morgan fingerprint density at radius 1 is 1.27 bits per heavy atom. The number of ether oxygens (including phenoxy) is 1. The van der Waals surface area contributed by atoms with Gasteiger partial charge in [-0.3, -0.25) is 19.7 Å². The van der Waals surface area contributed by atoms with E-state index in [1.54, 1.807) is 24.8 Å². The van der Waals surface area contributed by atoms with Crippen molar-refractivity contribution in [1.29, 1.82) is 0 Å². The molecule has 172 valence electrons. The van der Waals surface area contributed by atoms with Crippen LogP contribution >= 0.6 is 11.8 Å². The molecule has 5 rings (SSSR count). The van der Waals surface area contributed by atoms with E-state index < -0.39 is 16.3 Å². The van der Waals surface area contributed by atoms with Gasteiger partial charge in [-0.05, 0) is 37.2 Å². The maximum Gasteiger partial charge on any atom is 0.343 e. The Balaban J connectivity index is 1.68. The van der Waals surface area contributed by atoms with Crippen molar-refractivity contribution in [1.82, 2.24) is 4.57 Å². The second-order valence-electron chi connectivity index (χ2n) is 8.44. The van der Waals surface area contributed by atoms with Gasteiger partial charge >= 0.3 is 5.97 Å². The zero-order valence-corrected chi connectivity index (χ0v) is 19.0. The summed E-state index contributed by atoms with van der Waals surface area (Å²) in [6.07, 6.45) is 4.47. The van der Waals surface area contributed by atoms with Crippen LogP contribution in [-0.4, -0.2) is 46.7 Å². The summed E-state index contributed by atoms with van der Waals surface area (Å²) >= 11 is 1.70. The highest BCUT2D eigenvalue weighted by Gasteiger charge is 2.33. The predicted molar refractivity (Wildman–Crippen MR) is 125 cm³/mol. The van der Waals surface area contributed by atoms with Crippen molar-refractivity contribution in [2.75, 3.05) is 30.3 Å². The molecule has 0 spiro atoms. The van der Waals surface area contributed by atoms with E-state index in [1.807, 2.05) is 9.47 Å². The number of pyridine rings is 1. The van der Waals surface area contributed by atoms with Gasteiger partial charge in [0.15, 0.2) is 5.78 Å². The molecule has 1 aromatic heterocycles. The Labute approximate surface area is 193 Å². The first kappa shape index (κ1) is 21.7. The Kier molecular flexibility index (Phi) is 5.48. The molecule has 0 amide bonds. The maximum atomic E-state index is 13.1. The number of nitro benzene ring substituents is 1. The average molecular weight is 470 g/mol. The lowest BCUT2D eigenvalue weighted by Crippen LogP contribution is -2.35. The SMILES string of the molecule is CCOC(=O)c1cn(C2CC2)c2cc(N3CCC4=C(C3)C(=O)CCS4)c([N+](=O)[O-])cc2c1=O. The zero-order valence-electron chi connectivity index (χ0n) is 18.2. The Hall–Kier alpha value is -3.14. The number of aromatic nitrogens is 1. The standard InChI is InChI=1S/C23H23N3O6S/c1-2-32-23(29)16-12-25(13-3-4-13)17-10-18(19(26(30)31)9-14(17)22(16)28)24-7-5-21-15(11-24)20(27)6-8-33-21/h9-10,12-13H,2-8,11H2,1H3. The van der Waals surface area contributed by atoms with Crippen LogP contribution in [-0.2, 0) is 9.53 Å². The first-order valence-electron chi connectivity index (χ1n) is 11.1. The predicted octanol–water partition coefficient (Wildman–Crippen LogP) is 3.59. The molecular formula is C23H23N3O6S. The highest BCUT2D eigenvalue weighted by molar-refractivity contribution is 8.03. The van der Waals surface area contributed by atoms with Crippen molar-refractivity contribution in [3.63, 3.8) is 0 Å². The van der Waals surface area contributed by atoms with E-state index in [-0.39, 0.29) is 35.1 Å². The molecule has 2 aromatic rings. The summed E-state index contributed by atoms with van der Waals surface area (Å²) in [4.78, 5) is 52.4. The molecule has 1 saturated carbocycles. The molecule has 1 aromatic carbocycles. The van der Waals surface area contributed by atoms with Crippen LogP contribution in [0.1, 0.15) is 49.0 Å². The van der Waals surface area contributed by atoms with E-state index in [4.69, 9.17) is 4.74 Å². The maximum absolute atomic E-state index is 13.1. The number of ketones is 1. The fraction of sp³-hybridized carbons (Fsp3) is 0.435. The molecule has 0 saturated heterocycles. The third kappa shape index (κ3) is 3.82. The number of thioether (sulfide) groups is 1. The topological polar surface area (TPSA) is 112 Å². The number of Topliss-reactive ketones (excluding diaryl/α,β-unsaturated/α-hetero) is 1. The van der Waals surface area contributed by atoms with Crippen LogP contribution in [0.2, 0.25) is 0 Å². The number of carbonyl (C=O) groups is 2. The third-order valence-electron chi connectivity index (χ3n) is 6.34. The molecule has 0 atom stereocenters. The smallest absolute Gasteiger partial charge is 0.343 e. The molecule has 0 radical (unpaired) electrons. The van der Waals surface area contributed by atoms with Gasteiger partial charge < -0.3 is 14.2 Å². The van der Waals surface area contributed by atoms with Crippen molar-refractivity contribution in [3.8, 4) is 0 Å². The summed E-state index contributed by atoms with van der Waals surface area (Å²) in [6.45, 7) is 2.66. The van der Waals surface area contributed by atoms with E-state index in [1.165, 1.54) is 12.3 Å². The van der Waals surface area contributed by atoms with Gasteiger partial charge in [0.2, 0.25) is 5.43 Å². The molecule has 0 unspecified atom stereocenters. The fourth-order valence-electron chi connectivity index (χ4n) is 4.55. The van der Waals surface area contributed by atoms with Gasteiger partial charge in [0, 0.05) is 49.1 Å². The van der Waals surface area contributed by atoms with Crippen molar-refractivity contribution in [2.45, 2.75) is 38.6 Å². The lowest BCUT2D eigenvalue weighted by molar-refractivity contribution is -0.384. The number of esters is 1. The lowest BCUT2D eigenvalue weighted by Gasteiger charge is -2.33. The van der Waals surface area contributed by atoms with Crippen LogP contribution in [0.4, 0.5) is 11.4 Å². The molecule has 0 N–H and O–H groups in total. The molecular weight excluding hydrogens is 446 g/mol. The largest absolute Gasteiger partial charge is 0.462 e. The van der Waals surface area contributed by atoms with Gasteiger partial charge in [-0.1, -0.05) is 0 Å². The number of fused-ring (bicyclic) bond motifs is 1. The molecule has 9 nitrogen and oxygen atoms in total. The number of carbonyl (C=O) groups excluding carboxylic acids is 2. The van der Waals surface area contributed by atoms with Crippen LogP contribution in [0.15, 0.2) is 33.6 Å². The molecule has 1 fully saturated rings. The number of benzene rings is 1. The number of hydrogen-bond acceptors (Lipinski definition) is 8. The van der Waals surface area contributed by atoms with Crippen LogP contribution in [0.5, 0.6) is 0 Å². The number of rotatable bonds is 5. The van der Waals surface area contributed by atoms with Crippen molar-refractivity contribution in [2.24, 2.45) is 0 Å². The number of hydrogen-bond donors (Lipinski definition) is 0. The van der Waals surface area contributed by atoms with Gasteiger partial charge in [0.05, 0.1) is 22.4 Å². The van der Waals surface area contributed by atoms with E-state index in [0.717, 1.165) is 29.1 Å². The average Bonchev–Trinajstić information content (AvgIpc) is 3.64. The molecule has 0 bridgehead atoms. The van der Waals surface area contributed by atoms with Gasteiger partial charge in [0.25, 0.3) is 5.69 Å². The minimum Gasteiger partial charge on any atom is -0.462 e. The van der Waals surface area contributed by atoms with E-state index in [9.17, 15) is 24.5 Å². The molecule has 1 aliphatic carbocycles.